The van der Waals surface area contributed by atoms with Crippen LogP contribution in [0.2, 0.25) is 0 Å². The molecular weight excluding hydrogens is 222 g/mol. The number of rotatable bonds is 7. The molecule has 1 heterocycles. The topological polar surface area (TPSA) is 42.1 Å². The lowest BCUT2D eigenvalue weighted by atomic mass is 9.97. The lowest BCUT2D eigenvalue weighted by molar-refractivity contribution is 0.199. The SMILES string of the molecule is CCC(N)C(c1ccncc1)N(C)CCC(C)C. The smallest absolute Gasteiger partial charge is 0.0497 e. The molecule has 0 saturated heterocycles. The van der Waals surface area contributed by atoms with Crippen LogP contribution in [0.5, 0.6) is 0 Å². The molecule has 3 nitrogen and oxygen atoms in total. The fourth-order valence-corrected chi connectivity index (χ4v) is 2.21. The predicted molar refractivity (Wildman–Crippen MR) is 77.3 cm³/mol. The van der Waals surface area contributed by atoms with Crippen LogP contribution in [0.15, 0.2) is 24.5 Å². The molecule has 2 atom stereocenters. The summed E-state index contributed by atoms with van der Waals surface area (Å²) in [7, 11) is 2.17. The third kappa shape index (κ3) is 4.39. The van der Waals surface area contributed by atoms with E-state index >= 15 is 0 Å². The molecule has 102 valence electrons. The van der Waals surface area contributed by atoms with Crippen molar-refractivity contribution in [1.82, 2.24) is 9.88 Å². The second-order valence-electron chi connectivity index (χ2n) is 5.46. The number of aromatic nitrogens is 1. The molecule has 0 saturated carbocycles. The van der Waals surface area contributed by atoms with E-state index in [0.717, 1.165) is 18.9 Å². The third-order valence-corrected chi connectivity index (χ3v) is 3.46. The number of hydrogen-bond donors (Lipinski definition) is 1. The van der Waals surface area contributed by atoms with E-state index in [4.69, 9.17) is 5.73 Å². The Hall–Kier alpha value is -0.930. The first kappa shape index (κ1) is 15.1. The third-order valence-electron chi connectivity index (χ3n) is 3.46. The monoisotopic (exact) mass is 249 g/mol. The van der Waals surface area contributed by atoms with Gasteiger partial charge in [0.2, 0.25) is 0 Å². The van der Waals surface area contributed by atoms with Gasteiger partial charge in [-0.25, -0.2) is 0 Å². The summed E-state index contributed by atoms with van der Waals surface area (Å²) in [5, 5.41) is 0. The molecule has 0 amide bonds. The Bertz CT molecular complexity index is 324. The minimum absolute atomic E-state index is 0.171. The summed E-state index contributed by atoms with van der Waals surface area (Å²) in [5.74, 6) is 0.725. The Morgan fingerprint density at radius 1 is 1.28 bits per heavy atom. The van der Waals surface area contributed by atoms with E-state index in [9.17, 15) is 0 Å². The van der Waals surface area contributed by atoms with Gasteiger partial charge in [0.25, 0.3) is 0 Å². The fourth-order valence-electron chi connectivity index (χ4n) is 2.21. The van der Waals surface area contributed by atoms with E-state index in [1.165, 1.54) is 12.0 Å². The highest BCUT2D eigenvalue weighted by Crippen LogP contribution is 2.24. The van der Waals surface area contributed by atoms with Crippen molar-refractivity contribution in [2.75, 3.05) is 13.6 Å². The zero-order valence-electron chi connectivity index (χ0n) is 12.1. The molecule has 0 radical (unpaired) electrons. The van der Waals surface area contributed by atoms with Gasteiger partial charge in [0.05, 0.1) is 0 Å². The molecule has 1 rings (SSSR count). The van der Waals surface area contributed by atoms with Gasteiger partial charge in [-0.3, -0.25) is 9.88 Å². The van der Waals surface area contributed by atoms with Crippen LogP contribution in [0.4, 0.5) is 0 Å². The second-order valence-corrected chi connectivity index (χ2v) is 5.46. The molecule has 18 heavy (non-hydrogen) atoms. The summed E-state index contributed by atoms with van der Waals surface area (Å²) >= 11 is 0. The highest BCUT2D eigenvalue weighted by atomic mass is 15.1. The van der Waals surface area contributed by atoms with Gasteiger partial charge in [-0.1, -0.05) is 20.8 Å². The highest BCUT2D eigenvalue weighted by molar-refractivity contribution is 5.17. The van der Waals surface area contributed by atoms with Crippen LogP contribution in [0.1, 0.15) is 45.2 Å². The molecule has 1 aromatic heterocycles. The van der Waals surface area contributed by atoms with Crippen molar-refractivity contribution >= 4 is 0 Å². The molecule has 0 bridgehead atoms. The average Bonchev–Trinajstić information content (AvgIpc) is 2.37. The van der Waals surface area contributed by atoms with E-state index in [2.05, 4.69) is 49.8 Å². The van der Waals surface area contributed by atoms with Crippen molar-refractivity contribution in [3.8, 4) is 0 Å². The summed E-state index contributed by atoms with van der Waals surface area (Å²) < 4.78 is 0. The van der Waals surface area contributed by atoms with Crippen LogP contribution in [0.3, 0.4) is 0 Å². The predicted octanol–water partition coefficient (Wildman–Crippen LogP) is 2.84. The normalized spacial score (nSPS) is 15.1. The van der Waals surface area contributed by atoms with E-state index in [0.29, 0.717) is 0 Å². The number of nitrogens with zero attached hydrogens (tertiary/aromatic N) is 2. The zero-order chi connectivity index (χ0) is 13.5. The summed E-state index contributed by atoms with van der Waals surface area (Å²) in [6.07, 6.45) is 5.88. The van der Waals surface area contributed by atoms with Gasteiger partial charge in [-0.05, 0) is 50.0 Å². The first-order chi connectivity index (χ1) is 8.56. The second kappa shape index (κ2) is 7.49. The molecule has 0 aliphatic rings. The van der Waals surface area contributed by atoms with E-state index in [-0.39, 0.29) is 12.1 Å². The highest BCUT2D eigenvalue weighted by Gasteiger charge is 2.22. The molecule has 0 aromatic carbocycles. The molecule has 3 heteroatoms. The molecule has 2 unspecified atom stereocenters. The Morgan fingerprint density at radius 2 is 1.89 bits per heavy atom. The maximum atomic E-state index is 6.29. The molecular formula is C15H27N3. The van der Waals surface area contributed by atoms with Crippen molar-refractivity contribution in [2.45, 2.75) is 45.7 Å². The minimum atomic E-state index is 0.171. The molecule has 0 fully saturated rings. The quantitative estimate of drug-likeness (QED) is 0.808. The summed E-state index contributed by atoms with van der Waals surface area (Å²) in [6.45, 7) is 7.75. The maximum Gasteiger partial charge on any atom is 0.0497 e. The Labute approximate surface area is 111 Å². The largest absolute Gasteiger partial charge is 0.326 e. The number of hydrogen-bond acceptors (Lipinski definition) is 3. The van der Waals surface area contributed by atoms with Crippen molar-refractivity contribution < 1.29 is 0 Å². The van der Waals surface area contributed by atoms with Gasteiger partial charge in [0, 0.05) is 24.5 Å². The van der Waals surface area contributed by atoms with Crippen molar-refractivity contribution in [1.29, 1.82) is 0 Å². The van der Waals surface area contributed by atoms with Crippen LogP contribution in [-0.2, 0) is 0 Å². The zero-order valence-corrected chi connectivity index (χ0v) is 12.1. The van der Waals surface area contributed by atoms with Crippen molar-refractivity contribution in [2.24, 2.45) is 11.7 Å². The van der Waals surface area contributed by atoms with Gasteiger partial charge < -0.3 is 5.73 Å². The standard InChI is InChI=1S/C15H27N3/c1-5-14(16)15(13-6-9-17-10-7-13)18(4)11-8-12(2)3/h6-7,9-10,12,14-15H,5,8,11,16H2,1-4H3. The van der Waals surface area contributed by atoms with E-state index in [1.807, 2.05) is 12.4 Å². The fraction of sp³-hybridized carbons (Fsp3) is 0.667. The van der Waals surface area contributed by atoms with Crippen LogP contribution in [-0.4, -0.2) is 29.5 Å². The summed E-state index contributed by atoms with van der Waals surface area (Å²) in [6, 6.07) is 4.61. The lowest BCUT2D eigenvalue weighted by Crippen LogP contribution is -2.39. The summed E-state index contributed by atoms with van der Waals surface area (Å²) in [4.78, 5) is 6.47. The minimum Gasteiger partial charge on any atom is -0.326 e. The van der Waals surface area contributed by atoms with E-state index < -0.39 is 0 Å². The summed E-state index contributed by atoms with van der Waals surface area (Å²) in [5.41, 5.74) is 7.56. The molecule has 0 spiro atoms. The van der Waals surface area contributed by atoms with Crippen LogP contribution in [0, 0.1) is 5.92 Å². The molecule has 1 aromatic rings. The average molecular weight is 249 g/mol. The first-order valence-corrected chi connectivity index (χ1v) is 6.92. The Balaban J connectivity index is 2.78. The Morgan fingerprint density at radius 3 is 2.39 bits per heavy atom. The lowest BCUT2D eigenvalue weighted by Gasteiger charge is -2.33. The van der Waals surface area contributed by atoms with Crippen LogP contribution >= 0.6 is 0 Å². The molecule has 0 aliphatic carbocycles. The van der Waals surface area contributed by atoms with Gasteiger partial charge in [0.15, 0.2) is 0 Å². The van der Waals surface area contributed by atoms with Gasteiger partial charge in [-0.2, -0.15) is 0 Å². The number of pyridine rings is 1. The van der Waals surface area contributed by atoms with Crippen molar-refractivity contribution in [3.63, 3.8) is 0 Å². The number of nitrogens with two attached hydrogens (primary N) is 1. The number of likely N-dealkylation sites (N-methyl/N-ethyl adjacent to an activating group) is 1. The van der Waals surface area contributed by atoms with Crippen molar-refractivity contribution in [3.05, 3.63) is 30.1 Å². The maximum absolute atomic E-state index is 6.29. The van der Waals surface area contributed by atoms with Gasteiger partial charge in [-0.15, -0.1) is 0 Å². The van der Waals surface area contributed by atoms with Gasteiger partial charge >= 0.3 is 0 Å². The van der Waals surface area contributed by atoms with Crippen LogP contribution in [0.25, 0.3) is 0 Å². The van der Waals surface area contributed by atoms with Crippen LogP contribution < -0.4 is 5.73 Å². The molecule has 2 N–H and O–H groups in total. The van der Waals surface area contributed by atoms with Gasteiger partial charge in [0.1, 0.15) is 0 Å². The molecule has 0 aliphatic heterocycles. The first-order valence-electron chi connectivity index (χ1n) is 6.92. The Kier molecular flexibility index (Phi) is 6.30. The van der Waals surface area contributed by atoms with E-state index in [1.54, 1.807) is 0 Å².